The van der Waals surface area contributed by atoms with Crippen molar-refractivity contribution in [1.82, 2.24) is 9.97 Å². The van der Waals surface area contributed by atoms with Crippen LogP contribution in [-0.2, 0) is 6.54 Å². The van der Waals surface area contributed by atoms with E-state index in [0.717, 1.165) is 10.9 Å². The van der Waals surface area contributed by atoms with Crippen molar-refractivity contribution < 1.29 is 9.18 Å². The highest BCUT2D eigenvalue weighted by molar-refractivity contribution is 6.04. The number of aromatic nitrogens is 2. The second-order valence-electron chi connectivity index (χ2n) is 7.62. The molecule has 9 heteroatoms. The Morgan fingerprint density at radius 2 is 1.74 bits per heavy atom. The molecule has 7 nitrogen and oxygen atoms in total. The van der Waals surface area contributed by atoms with Gasteiger partial charge in [-0.3, -0.25) is 4.79 Å². The highest BCUT2D eigenvalue weighted by Crippen LogP contribution is 2.25. The van der Waals surface area contributed by atoms with E-state index in [-0.39, 0.29) is 24.1 Å². The standard InChI is InChI=1S/C25H21FN6O.ClH/c1-32(2)25-30-22-13-17(14-27)5-12-21(22)23(31-25)28-15-16-3-10-20(11-4-16)29-24(33)18-6-8-19(26)9-7-18;/h3-13H,15H2,1-2H3,(H,29,33)(H,28,30,31);1H. The maximum atomic E-state index is 13.0. The van der Waals surface area contributed by atoms with E-state index < -0.39 is 0 Å². The van der Waals surface area contributed by atoms with Gasteiger partial charge in [0.15, 0.2) is 0 Å². The largest absolute Gasteiger partial charge is 0.365 e. The number of rotatable bonds is 6. The van der Waals surface area contributed by atoms with Crippen molar-refractivity contribution in [2.75, 3.05) is 29.6 Å². The first-order valence-corrected chi connectivity index (χ1v) is 10.2. The van der Waals surface area contributed by atoms with E-state index in [1.807, 2.05) is 37.2 Å². The summed E-state index contributed by atoms with van der Waals surface area (Å²) in [5.41, 5.74) is 3.24. The van der Waals surface area contributed by atoms with E-state index in [2.05, 4.69) is 26.7 Å². The van der Waals surface area contributed by atoms with Crippen LogP contribution in [0.1, 0.15) is 21.5 Å². The minimum absolute atomic E-state index is 0. The third-order valence-corrected chi connectivity index (χ3v) is 4.99. The third kappa shape index (κ3) is 5.57. The minimum Gasteiger partial charge on any atom is -0.365 e. The van der Waals surface area contributed by atoms with Crippen molar-refractivity contribution in [3.63, 3.8) is 0 Å². The zero-order valence-electron chi connectivity index (χ0n) is 18.5. The molecule has 4 rings (SSSR count). The molecule has 0 saturated carbocycles. The smallest absolute Gasteiger partial charge is 0.255 e. The summed E-state index contributed by atoms with van der Waals surface area (Å²) in [4.78, 5) is 23.2. The van der Waals surface area contributed by atoms with Crippen LogP contribution in [-0.4, -0.2) is 30.0 Å². The van der Waals surface area contributed by atoms with Gasteiger partial charge in [0.05, 0.1) is 17.1 Å². The average molecular weight is 477 g/mol. The van der Waals surface area contributed by atoms with Crippen LogP contribution >= 0.6 is 12.4 Å². The minimum atomic E-state index is -0.386. The zero-order chi connectivity index (χ0) is 23.4. The van der Waals surface area contributed by atoms with E-state index in [1.165, 1.54) is 24.3 Å². The maximum Gasteiger partial charge on any atom is 0.255 e. The number of hydrogen-bond acceptors (Lipinski definition) is 6. The van der Waals surface area contributed by atoms with Crippen LogP contribution in [0.3, 0.4) is 0 Å². The van der Waals surface area contributed by atoms with Gasteiger partial charge < -0.3 is 15.5 Å². The van der Waals surface area contributed by atoms with Crippen LogP contribution in [0.5, 0.6) is 0 Å². The van der Waals surface area contributed by atoms with Crippen molar-refractivity contribution in [1.29, 1.82) is 5.26 Å². The maximum absolute atomic E-state index is 13.0. The number of amides is 1. The van der Waals surface area contributed by atoms with Crippen molar-refractivity contribution >= 4 is 46.7 Å². The molecule has 0 unspecified atom stereocenters. The normalized spacial score (nSPS) is 10.2. The van der Waals surface area contributed by atoms with Gasteiger partial charge in [-0.25, -0.2) is 9.37 Å². The van der Waals surface area contributed by atoms with Gasteiger partial charge in [-0.15, -0.1) is 12.4 Å². The molecule has 0 atom stereocenters. The fourth-order valence-corrected chi connectivity index (χ4v) is 3.22. The number of anilines is 3. The predicted octanol–water partition coefficient (Wildman–Crippen LogP) is 4.99. The Kier molecular flexibility index (Phi) is 7.61. The molecular formula is C25H22ClFN6O. The van der Waals surface area contributed by atoms with E-state index >= 15 is 0 Å². The molecule has 0 radical (unpaired) electrons. The third-order valence-electron chi connectivity index (χ3n) is 4.99. The fraction of sp³-hybridized carbons (Fsp3) is 0.120. The van der Waals surface area contributed by atoms with Gasteiger partial charge in [-0.1, -0.05) is 12.1 Å². The lowest BCUT2D eigenvalue weighted by atomic mass is 10.1. The Bertz CT molecular complexity index is 1350. The molecule has 0 saturated heterocycles. The molecule has 3 aromatic carbocycles. The first kappa shape index (κ1) is 24.4. The molecular weight excluding hydrogens is 455 g/mol. The Balaban J connectivity index is 0.00000324. The summed E-state index contributed by atoms with van der Waals surface area (Å²) in [6.45, 7) is 0.505. The van der Waals surface area contributed by atoms with Crippen LogP contribution in [0.4, 0.5) is 21.8 Å². The lowest BCUT2D eigenvalue weighted by Gasteiger charge is -2.15. The molecule has 34 heavy (non-hydrogen) atoms. The van der Waals surface area contributed by atoms with Gasteiger partial charge in [-0.2, -0.15) is 10.2 Å². The van der Waals surface area contributed by atoms with Gasteiger partial charge in [0.1, 0.15) is 11.6 Å². The molecule has 172 valence electrons. The monoisotopic (exact) mass is 476 g/mol. The van der Waals surface area contributed by atoms with Crippen LogP contribution in [0.25, 0.3) is 10.9 Å². The molecule has 0 aliphatic rings. The molecule has 0 aliphatic carbocycles. The SMILES string of the molecule is CN(C)c1nc(NCc2ccc(NC(=O)c3ccc(F)cc3)cc2)c2ccc(C#N)cc2n1.Cl. The topological polar surface area (TPSA) is 93.9 Å². The van der Waals surface area contributed by atoms with Crippen molar-refractivity contribution in [3.05, 3.63) is 89.2 Å². The van der Waals surface area contributed by atoms with E-state index in [9.17, 15) is 14.4 Å². The summed E-state index contributed by atoms with van der Waals surface area (Å²) in [5, 5.41) is 16.2. The quantitative estimate of drug-likeness (QED) is 0.407. The summed E-state index contributed by atoms with van der Waals surface area (Å²) in [5.74, 6) is 0.519. The molecule has 1 amide bonds. The Morgan fingerprint density at radius 3 is 2.38 bits per heavy atom. The number of halogens is 2. The lowest BCUT2D eigenvalue weighted by Crippen LogP contribution is -2.14. The Morgan fingerprint density at radius 1 is 1.03 bits per heavy atom. The number of nitrogens with one attached hydrogen (secondary N) is 2. The number of benzene rings is 3. The first-order valence-electron chi connectivity index (χ1n) is 10.2. The second-order valence-corrected chi connectivity index (χ2v) is 7.62. The van der Waals surface area contributed by atoms with Crippen molar-refractivity contribution in [2.45, 2.75) is 6.54 Å². The highest BCUT2D eigenvalue weighted by atomic mass is 35.5. The molecule has 0 spiro atoms. The number of carbonyl (C=O) groups excluding carboxylic acids is 1. The second kappa shape index (κ2) is 10.6. The first-order chi connectivity index (χ1) is 15.9. The molecule has 0 aliphatic heterocycles. The van der Waals surface area contributed by atoms with Gasteiger partial charge in [0.2, 0.25) is 5.95 Å². The summed E-state index contributed by atoms with van der Waals surface area (Å²) in [7, 11) is 3.72. The van der Waals surface area contributed by atoms with Crippen LogP contribution in [0.15, 0.2) is 66.7 Å². The number of carbonyl (C=O) groups is 1. The molecule has 0 bridgehead atoms. The van der Waals surface area contributed by atoms with E-state index in [0.29, 0.717) is 40.6 Å². The van der Waals surface area contributed by atoms with Gasteiger partial charge in [0, 0.05) is 37.3 Å². The number of nitrogens with zero attached hydrogens (tertiary/aromatic N) is 4. The molecule has 4 aromatic rings. The van der Waals surface area contributed by atoms with Crippen LogP contribution in [0.2, 0.25) is 0 Å². The van der Waals surface area contributed by atoms with Crippen molar-refractivity contribution in [3.8, 4) is 6.07 Å². The summed E-state index contributed by atoms with van der Waals surface area (Å²) < 4.78 is 13.0. The molecule has 1 heterocycles. The van der Waals surface area contributed by atoms with E-state index in [1.54, 1.807) is 24.3 Å². The molecule has 0 fully saturated rings. The Hall–Kier alpha value is -4.22. The van der Waals surface area contributed by atoms with Gasteiger partial charge in [0.25, 0.3) is 5.91 Å². The van der Waals surface area contributed by atoms with Crippen molar-refractivity contribution in [2.24, 2.45) is 0 Å². The lowest BCUT2D eigenvalue weighted by molar-refractivity contribution is 0.102. The van der Waals surface area contributed by atoms with Gasteiger partial charge in [-0.05, 0) is 60.2 Å². The summed E-state index contributed by atoms with van der Waals surface area (Å²) in [6, 6.07) is 20.3. The molecule has 1 aromatic heterocycles. The number of nitriles is 1. The fourth-order valence-electron chi connectivity index (χ4n) is 3.22. The van der Waals surface area contributed by atoms with E-state index in [4.69, 9.17) is 0 Å². The number of hydrogen-bond donors (Lipinski definition) is 2. The summed E-state index contributed by atoms with van der Waals surface area (Å²) >= 11 is 0. The average Bonchev–Trinajstić information content (AvgIpc) is 2.83. The van der Waals surface area contributed by atoms with Crippen LogP contribution < -0.4 is 15.5 Å². The highest BCUT2D eigenvalue weighted by Gasteiger charge is 2.11. The van der Waals surface area contributed by atoms with Crippen LogP contribution in [0, 0.1) is 17.1 Å². The van der Waals surface area contributed by atoms with Gasteiger partial charge >= 0.3 is 0 Å². The Labute approximate surface area is 202 Å². The summed E-state index contributed by atoms with van der Waals surface area (Å²) in [6.07, 6.45) is 0. The number of fused-ring (bicyclic) bond motifs is 1. The molecule has 2 N–H and O–H groups in total. The predicted molar refractivity (Wildman–Crippen MR) is 134 cm³/mol. The zero-order valence-corrected chi connectivity index (χ0v) is 19.4.